The van der Waals surface area contributed by atoms with Gasteiger partial charge in [0.2, 0.25) is 11.6 Å². The molecule has 3 aromatic rings. The van der Waals surface area contributed by atoms with Crippen LogP contribution in [0.3, 0.4) is 0 Å². The highest BCUT2D eigenvalue weighted by Gasteiger charge is 2.51. The molecule has 0 atom stereocenters. The van der Waals surface area contributed by atoms with E-state index in [0.29, 0.717) is 25.7 Å². The monoisotopic (exact) mass is 718 g/mol. The zero-order valence-electron chi connectivity index (χ0n) is 29.5. The van der Waals surface area contributed by atoms with Gasteiger partial charge < -0.3 is 14.6 Å². The molecule has 0 aliphatic heterocycles. The van der Waals surface area contributed by atoms with E-state index in [9.17, 15) is 9.90 Å². The average molecular weight is 719 g/mol. The Kier molecular flexibility index (Phi) is 12.7. The van der Waals surface area contributed by atoms with Gasteiger partial charge >= 0.3 is 5.97 Å². The van der Waals surface area contributed by atoms with Crippen LogP contribution in [0.25, 0.3) is 11.1 Å². The lowest BCUT2D eigenvalue weighted by molar-refractivity contribution is -0.157. The van der Waals surface area contributed by atoms with Gasteiger partial charge in [-0.25, -0.2) is 17.6 Å². The minimum absolute atomic E-state index is 0.0160. The first-order valence-electron chi connectivity index (χ1n) is 18.5. The van der Waals surface area contributed by atoms with E-state index in [4.69, 9.17) is 9.47 Å². The maximum atomic E-state index is 16.5. The molecule has 10 heteroatoms. The van der Waals surface area contributed by atoms with Gasteiger partial charge in [0.1, 0.15) is 0 Å². The Morgan fingerprint density at radius 2 is 1.12 bits per heavy atom. The van der Waals surface area contributed by atoms with Crippen molar-refractivity contribution in [3.05, 3.63) is 82.4 Å². The number of benzene rings is 3. The van der Waals surface area contributed by atoms with Crippen molar-refractivity contribution in [1.29, 1.82) is 0 Å². The van der Waals surface area contributed by atoms with E-state index in [1.54, 1.807) is 0 Å². The number of halogens is 6. The molecular formula is C41H48F6O4. The molecule has 0 saturated heterocycles. The average Bonchev–Trinajstić information content (AvgIpc) is 3.13. The molecule has 5 rings (SSSR count). The summed E-state index contributed by atoms with van der Waals surface area (Å²) in [5, 5.41) is 10.4. The summed E-state index contributed by atoms with van der Waals surface area (Å²) >= 11 is 0. The molecule has 2 saturated carbocycles. The van der Waals surface area contributed by atoms with Gasteiger partial charge in [-0.3, -0.25) is 4.79 Å². The predicted molar refractivity (Wildman–Crippen MR) is 184 cm³/mol. The molecule has 0 aromatic heterocycles. The summed E-state index contributed by atoms with van der Waals surface area (Å²) in [5.74, 6) is -9.91. The zero-order chi connectivity index (χ0) is 36.8. The number of carboxylic acid groups (broad SMARTS) is 1. The standard InChI is InChI=1S/C41H48F6O4/c1-3-5-7-11-25-51-31-16-13-28(34(43)37(31)46)27-12-14-29(35(44)33(27)42)41(30-15-17-32(38(47)36(30)45)50-24-6-4-2)22-18-26(19-23-41)40(39(48)49)20-9-8-10-21-40/h12-17,26H,3-11,18-25H2,1-2H3,(H,48,49). The fourth-order valence-corrected chi connectivity index (χ4v) is 8.35. The lowest BCUT2D eigenvalue weighted by atomic mass is 9.55. The summed E-state index contributed by atoms with van der Waals surface area (Å²) in [5.41, 5.74) is -4.08. The second-order valence-electron chi connectivity index (χ2n) is 14.3. The number of hydrogen-bond donors (Lipinski definition) is 1. The minimum atomic E-state index is -1.58. The molecule has 2 aliphatic rings. The van der Waals surface area contributed by atoms with Crippen molar-refractivity contribution in [1.82, 2.24) is 0 Å². The molecule has 51 heavy (non-hydrogen) atoms. The van der Waals surface area contributed by atoms with Gasteiger partial charge in [0.25, 0.3) is 0 Å². The van der Waals surface area contributed by atoms with Gasteiger partial charge in [0, 0.05) is 27.7 Å². The lowest BCUT2D eigenvalue weighted by Crippen LogP contribution is -2.45. The number of carboxylic acids is 1. The molecule has 2 fully saturated rings. The molecule has 2 aliphatic carbocycles. The topological polar surface area (TPSA) is 55.8 Å². The summed E-state index contributed by atoms with van der Waals surface area (Å²) in [7, 11) is 0. The van der Waals surface area contributed by atoms with Crippen molar-refractivity contribution in [3.8, 4) is 22.6 Å². The maximum Gasteiger partial charge on any atom is 0.309 e. The van der Waals surface area contributed by atoms with Gasteiger partial charge in [-0.15, -0.1) is 0 Å². The number of carbonyl (C=O) groups is 1. The first-order valence-corrected chi connectivity index (χ1v) is 18.5. The smallest absolute Gasteiger partial charge is 0.309 e. The molecule has 278 valence electrons. The van der Waals surface area contributed by atoms with Crippen LogP contribution in [-0.4, -0.2) is 24.3 Å². The van der Waals surface area contributed by atoms with Crippen LogP contribution in [0.2, 0.25) is 0 Å². The van der Waals surface area contributed by atoms with E-state index in [1.807, 2.05) is 13.8 Å². The van der Waals surface area contributed by atoms with Crippen molar-refractivity contribution in [2.45, 2.75) is 116 Å². The van der Waals surface area contributed by atoms with Gasteiger partial charge in [-0.2, -0.15) is 8.78 Å². The zero-order valence-corrected chi connectivity index (χ0v) is 29.5. The van der Waals surface area contributed by atoms with Crippen LogP contribution >= 0.6 is 0 Å². The SMILES string of the molecule is CCCCCCOc1ccc(-c2ccc(C3(c4ccc(OCCCC)c(F)c4F)CCC(C4(C(=O)O)CCCCC4)CC3)c(F)c2F)c(F)c1F. The summed E-state index contributed by atoms with van der Waals surface area (Å²) in [4.78, 5) is 12.7. The number of unbranched alkanes of at least 4 members (excludes halogenated alkanes) is 4. The third kappa shape index (κ3) is 7.61. The molecule has 0 radical (unpaired) electrons. The summed E-state index contributed by atoms with van der Waals surface area (Å²) in [6, 6.07) is 7.26. The second kappa shape index (κ2) is 16.8. The van der Waals surface area contributed by atoms with Crippen molar-refractivity contribution in [2.75, 3.05) is 13.2 Å². The van der Waals surface area contributed by atoms with Crippen molar-refractivity contribution < 1.29 is 45.7 Å². The number of hydrogen-bond acceptors (Lipinski definition) is 3. The van der Waals surface area contributed by atoms with Gasteiger partial charge in [0.05, 0.1) is 18.6 Å². The van der Waals surface area contributed by atoms with Crippen molar-refractivity contribution in [3.63, 3.8) is 0 Å². The number of aliphatic carboxylic acids is 1. The lowest BCUT2D eigenvalue weighted by Gasteiger charge is -2.48. The molecule has 0 unspecified atom stereocenters. The third-order valence-electron chi connectivity index (χ3n) is 11.3. The molecule has 1 N–H and O–H groups in total. The largest absolute Gasteiger partial charge is 0.490 e. The van der Waals surface area contributed by atoms with Crippen LogP contribution < -0.4 is 9.47 Å². The number of ether oxygens (including phenoxy) is 2. The Balaban J connectivity index is 1.54. The Bertz CT molecular complexity index is 1680. The second-order valence-corrected chi connectivity index (χ2v) is 14.3. The quantitative estimate of drug-likeness (QED) is 0.126. The predicted octanol–water partition coefficient (Wildman–Crippen LogP) is 11.8. The maximum absolute atomic E-state index is 16.5. The van der Waals surface area contributed by atoms with E-state index in [2.05, 4.69) is 0 Å². The fraction of sp³-hybridized carbons (Fsp3) is 0.537. The van der Waals surface area contributed by atoms with Gasteiger partial charge in [0.15, 0.2) is 34.8 Å². The highest BCUT2D eigenvalue weighted by Crippen LogP contribution is 2.56. The molecule has 3 aromatic carbocycles. The van der Waals surface area contributed by atoms with Crippen LogP contribution in [-0.2, 0) is 10.2 Å². The number of rotatable bonds is 15. The Morgan fingerprint density at radius 1 is 0.627 bits per heavy atom. The molecule has 0 bridgehead atoms. The first-order chi connectivity index (χ1) is 24.5. The summed E-state index contributed by atoms with van der Waals surface area (Å²) in [6.45, 7) is 4.31. The molecule has 4 nitrogen and oxygen atoms in total. The molecule has 0 heterocycles. The molecule has 0 amide bonds. The normalized spacial score (nSPS) is 20.3. The Labute approximate surface area is 296 Å². The van der Waals surface area contributed by atoms with Crippen LogP contribution in [0.5, 0.6) is 11.5 Å². The molecule has 0 spiro atoms. The van der Waals surface area contributed by atoms with Crippen LogP contribution in [0.1, 0.15) is 121 Å². The summed E-state index contributed by atoms with van der Waals surface area (Å²) in [6.07, 6.45) is 8.87. The van der Waals surface area contributed by atoms with E-state index >= 15 is 26.3 Å². The fourth-order valence-electron chi connectivity index (χ4n) is 8.35. The first kappa shape index (κ1) is 38.5. The molecular weight excluding hydrogens is 670 g/mol. The Hall–Kier alpha value is -3.69. The van der Waals surface area contributed by atoms with Crippen LogP contribution in [0.4, 0.5) is 26.3 Å². The highest BCUT2D eigenvalue weighted by molar-refractivity contribution is 5.75. The van der Waals surface area contributed by atoms with Crippen molar-refractivity contribution >= 4 is 5.97 Å². The van der Waals surface area contributed by atoms with Crippen LogP contribution in [0, 0.1) is 46.2 Å². The Morgan fingerprint density at radius 3 is 1.71 bits per heavy atom. The van der Waals surface area contributed by atoms with E-state index in [1.165, 1.54) is 24.3 Å². The summed E-state index contributed by atoms with van der Waals surface area (Å²) < 4.78 is 106. The van der Waals surface area contributed by atoms with Crippen LogP contribution in [0.15, 0.2) is 36.4 Å². The highest BCUT2D eigenvalue weighted by atomic mass is 19.2. The van der Waals surface area contributed by atoms with E-state index in [0.717, 1.165) is 57.1 Å². The third-order valence-corrected chi connectivity index (χ3v) is 11.3. The van der Waals surface area contributed by atoms with E-state index in [-0.39, 0.29) is 67.4 Å². The van der Waals surface area contributed by atoms with Crippen molar-refractivity contribution in [2.24, 2.45) is 11.3 Å². The van der Waals surface area contributed by atoms with Gasteiger partial charge in [-0.1, -0.05) is 77.0 Å². The van der Waals surface area contributed by atoms with Gasteiger partial charge in [-0.05, 0) is 75.5 Å². The minimum Gasteiger partial charge on any atom is -0.490 e. The van der Waals surface area contributed by atoms with E-state index < -0.39 is 62.8 Å².